The first-order valence-electron chi connectivity index (χ1n) is 7.57. The van der Waals surface area contributed by atoms with Gasteiger partial charge in [-0.25, -0.2) is 4.39 Å². The first-order chi connectivity index (χ1) is 9.72. The second kappa shape index (κ2) is 6.44. The Hall–Kier alpha value is -0.610. The van der Waals surface area contributed by atoms with E-state index in [1.165, 1.54) is 12.5 Å². The van der Waals surface area contributed by atoms with Gasteiger partial charge in [0.25, 0.3) is 0 Å². The van der Waals surface area contributed by atoms with Crippen molar-refractivity contribution in [2.24, 2.45) is 5.92 Å². The van der Waals surface area contributed by atoms with Crippen molar-refractivity contribution < 1.29 is 9.13 Å². The predicted molar refractivity (Wildman–Crippen MR) is 81.7 cm³/mol. The zero-order valence-electron chi connectivity index (χ0n) is 11.6. The number of ether oxygens (including phenoxy) is 1. The van der Waals surface area contributed by atoms with Crippen molar-refractivity contribution in [1.82, 2.24) is 5.32 Å². The molecule has 20 heavy (non-hydrogen) atoms. The Morgan fingerprint density at radius 3 is 2.60 bits per heavy atom. The Kier molecular flexibility index (Phi) is 4.61. The van der Waals surface area contributed by atoms with Gasteiger partial charge in [0.1, 0.15) is 11.6 Å². The van der Waals surface area contributed by atoms with Crippen LogP contribution in [0.3, 0.4) is 0 Å². The van der Waals surface area contributed by atoms with Crippen LogP contribution in [0, 0.1) is 11.7 Å². The van der Waals surface area contributed by atoms with E-state index >= 15 is 0 Å². The summed E-state index contributed by atoms with van der Waals surface area (Å²) < 4.78 is 20.5. The molecule has 0 spiro atoms. The molecular formula is C16H21BrFNO. The molecule has 1 aliphatic heterocycles. The summed E-state index contributed by atoms with van der Waals surface area (Å²) in [7, 11) is 0. The van der Waals surface area contributed by atoms with E-state index in [0.717, 1.165) is 61.0 Å². The topological polar surface area (TPSA) is 21.3 Å². The summed E-state index contributed by atoms with van der Waals surface area (Å²) in [5.74, 6) is 1.32. The van der Waals surface area contributed by atoms with Crippen molar-refractivity contribution >= 4 is 15.9 Å². The van der Waals surface area contributed by atoms with Crippen LogP contribution in [-0.4, -0.2) is 19.2 Å². The Morgan fingerprint density at radius 2 is 1.95 bits per heavy atom. The molecule has 1 saturated heterocycles. The minimum atomic E-state index is -0.179. The molecule has 0 radical (unpaired) electrons. The molecule has 110 valence electrons. The lowest BCUT2D eigenvalue weighted by molar-refractivity contribution is 0.117. The zero-order chi connectivity index (χ0) is 13.9. The van der Waals surface area contributed by atoms with E-state index in [-0.39, 0.29) is 5.82 Å². The Morgan fingerprint density at radius 1 is 1.20 bits per heavy atom. The van der Waals surface area contributed by atoms with Crippen molar-refractivity contribution in [2.45, 2.75) is 44.6 Å². The quantitative estimate of drug-likeness (QED) is 0.891. The maximum atomic E-state index is 13.7. The van der Waals surface area contributed by atoms with Gasteiger partial charge in [0.05, 0.1) is 10.6 Å². The summed E-state index contributed by atoms with van der Waals surface area (Å²) in [6, 6.07) is 3.17. The average Bonchev–Trinajstić information content (AvgIpc) is 2.37. The Labute approximate surface area is 128 Å². The molecule has 1 heterocycles. The van der Waals surface area contributed by atoms with Crippen LogP contribution >= 0.6 is 15.9 Å². The fourth-order valence-corrected chi connectivity index (χ4v) is 3.52. The van der Waals surface area contributed by atoms with E-state index in [4.69, 9.17) is 4.74 Å². The van der Waals surface area contributed by atoms with E-state index in [2.05, 4.69) is 21.2 Å². The van der Waals surface area contributed by atoms with Gasteiger partial charge in [0.15, 0.2) is 0 Å². The van der Waals surface area contributed by atoms with Crippen LogP contribution in [0.25, 0.3) is 0 Å². The molecule has 2 fully saturated rings. The highest BCUT2D eigenvalue weighted by Crippen LogP contribution is 2.36. The highest BCUT2D eigenvalue weighted by molar-refractivity contribution is 9.10. The van der Waals surface area contributed by atoms with Crippen LogP contribution < -0.4 is 10.1 Å². The maximum Gasteiger partial charge on any atom is 0.137 e. The van der Waals surface area contributed by atoms with Crippen molar-refractivity contribution in [3.8, 4) is 5.75 Å². The summed E-state index contributed by atoms with van der Waals surface area (Å²) >= 11 is 3.47. The summed E-state index contributed by atoms with van der Waals surface area (Å²) in [6.07, 6.45) is 7.05. The fourth-order valence-electron chi connectivity index (χ4n) is 2.95. The highest BCUT2D eigenvalue weighted by atomic mass is 79.9. The van der Waals surface area contributed by atoms with Gasteiger partial charge < -0.3 is 10.1 Å². The average molecular weight is 342 g/mol. The summed E-state index contributed by atoms with van der Waals surface area (Å²) in [4.78, 5) is 0. The largest absolute Gasteiger partial charge is 0.489 e. The predicted octanol–water partition coefficient (Wildman–Crippen LogP) is 4.06. The van der Waals surface area contributed by atoms with E-state index in [1.54, 1.807) is 6.07 Å². The number of halogens is 2. The van der Waals surface area contributed by atoms with Gasteiger partial charge in [0.2, 0.25) is 0 Å². The van der Waals surface area contributed by atoms with Gasteiger partial charge in [-0.3, -0.25) is 0 Å². The van der Waals surface area contributed by atoms with Crippen LogP contribution in [0.5, 0.6) is 5.75 Å². The third-order valence-corrected chi connectivity index (χ3v) is 4.98. The minimum Gasteiger partial charge on any atom is -0.489 e. The van der Waals surface area contributed by atoms with E-state index in [0.29, 0.717) is 12.0 Å². The maximum absolute atomic E-state index is 13.7. The lowest BCUT2D eigenvalue weighted by atomic mass is 9.90. The van der Waals surface area contributed by atoms with Gasteiger partial charge >= 0.3 is 0 Å². The molecular weight excluding hydrogens is 321 g/mol. The summed E-state index contributed by atoms with van der Waals surface area (Å²) in [5.41, 5.74) is 1.02. The third kappa shape index (κ3) is 3.34. The molecule has 0 atom stereocenters. The van der Waals surface area contributed by atoms with Crippen molar-refractivity contribution in [2.75, 3.05) is 13.1 Å². The second-order valence-corrected chi connectivity index (χ2v) is 6.80. The Balaban J connectivity index is 1.78. The normalized spacial score (nSPS) is 20.7. The van der Waals surface area contributed by atoms with Gasteiger partial charge in [-0.2, -0.15) is 0 Å². The molecule has 0 amide bonds. The third-order valence-electron chi connectivity index (χ3n) is 4.39. The van der Waals surface area contributed by atoms with Gasteiger partial charge in [-0.1, -0.05) is 0 Å². The Bertz CT molecular complexity index is 470. The van der Waals surface area contributed by atoms with E-state index < -0.39 is 0 Å². The number of benzene rings is 1. The molecule has 1 saturated carbocycles. The summed E-state index contributed by atoms with van der Waals surface area (Å²) in [6.45, 7) is 2.14. The molecule has 1 aliphatic carbocycles. The number of hydrogen-bond acceptors (Lipinski definition) is 2. The zero-order valence-corrected chi connectivity index (χ0v) is 13.2. The molecule has 2 aliphatic rings. The van der Waals surface area contributed by atoms with Crippen molar-refractivity contribution in [3.05, 3.63) is 28.0 Å². The molecule has 0 bridgehead atoms. The van der Waals surface area contributed by atoms with Crippen LogP contribution in [0.4, 0.5) is 4.39 Å². The molecule has 1 aromatic carbocycles. The van der Waals surface area contributed by atoms with Crippen molar-refractivity contribution in [1.29, 1.82) is 0 Å². The molecule has 1 N–H and O–H groups in total. The first kappa shape index (κ1) is 14.3. The van der Waals surface area contributed by atoms with Crippen LogP contribution in [0.15, 0.2) is 16.6 Å². The first-order valence-corrected chi connectivity index (χ1v) is 8.37. The molecule has 0 aromatic heterocycles. The highest BCUT2D eigenvalue weighted by Gasteiger charge is 2.24. The molecule has 3 rings (SSSR count). The van der Waals surface area contributed by atoms with Crippen LogP contribution in [0.2, 0.25) is 0 Å². The van der Waals surface area contributed by atoms with E-state index in [9.17, 15) is 4.39 Å². The molecule has 2 nitrogen and oxygen atoms in total. The van der Waals surface area contributed by atoms with E-state index in [1.807, 2.05) is 0 Å². The monoisotopic (exact) mass is 341 g/mol. The molecule has 1 aromatic rings. The number of piperidine rings is 1. The standard InChI is InChI=1S/C16H21BrFNO/c17-15-10-13(18)9-12(8-11-4-6-19-7-5-11)16(15)20-14-2-1-3-14/h9-11,14,19H,1-8H2. The molecule has 0 unspecified atom stereocenters. The van der Waals surface area contributed by atoms with Gasteiger partial charge in [-0.15, -0.1) is 0 Å². The van der Waals surface area contributed by atoms with Crippen molar-refractivity contribution in [3.63, 3.8) is 0 Å². The second-order valence-electron chi connectivity index (χ2n) is 5.94. The number of nitrogens with one attached hydrogen (secondary N) is 1. The number of rotatable bonds is 4. The summed E-state index contributed by atoms with van der Waals surface area (Å²) in [5, 5.41) is 3.37. The lowest BCUT2D eigenvalue weighted by Crippen LogP contribution is -2.29. The van der Waals surface area contributed by atoms with Crippen LogP contribution in [0.1, 0.15) is 37.7 Å². The number of hydrogen-bond donors (Lipinski definition) is 1. The minimum absolute atomic E-state index is 0.179. The van der Waals surface area contributed by atoms with Gasteiger partial charge in [0, 0.05) is 0 Å². The lowest BCUT2D eigenvalue weighted by Gasteiger charge is -2.29. The van der Waals surface area contributed by atoms with Crippen LogP contribution in [-0.2, 0) is 6.42 Å². The van der Waals surface area contributed by atoms with Gasteiger partial charge in [-0.05, 0) is 91.2 Å². The SMILES string of the molecule is Fc1cc(Br)c(OC2CCC2)c(CC2CCNCC2)c1. The molecule has 4 heteroatoms. The fraction of sp³-hybridized carbons (Fsp3) is 0.625. The smallest absolute Gasteiger partial charge is 0.137 e.